The van der Waals surface area contributed by atoms with Crippen LogP contribution in [-0.4, -0.2) is 14.7 Å². The second-order valence-electron chi connectivity index (χ2n) is 3.80. The van der Waals surface area contributed by atoms with Crippen LogP contribution in [0.5, 0.6) is 0 Å². The van der Waals surface area contributed by atoms with Gasteiger partial charge in [-0.2, -0.15) is 0 Å². The monoisotopic (exact) mass is 401 g/mol. The van der Waals surface area contributed by atoms with E-state index in [1.807, 2.05) is 0 Å². The summed E-state index contributed by atoms with van der Waals surface area (Å²) >= 11 is 41.5. The van der Waals surface area contributed by atoms with Crippen molar-refractivity contribution in [3.63, 3.8) is 0 Å². The van der Waals surface area contributed by atoms with Crippen LogP contribution >= 0.6 is 81.2 Å². The first-order chi connectivity index (χ1) is 8.54. The number of hydrogen-bond acceptors (Lipinski definition) is 0. The standard InChI is InChI=1S/C11H8Cl7O/c12-9(13,10(14,15)11(16,17)18)8-3-1-2-7(6-8)4-5-19/h1-3,6H,4-5H2. The predicted octanol–water partition coefficient (Wildman–Crippen LogP) is 5.83. The van der Waals surface area contributed by atoms with Gasteiger partial charge in [0.1, 0.15) is 0 Å². The molecule has 0 amide bonds. The van der Waals surface area contributed by atoms with Gasteiger partial charge in [0.05, 0.1) is 6.61 Å². The molecule has 1 aromatic rings. The molecule has 0 saturated heterocycles. The van der Waals surface area contributed by atoms with Crippen molar-refractivity contribution in [2.24, 2.45) is 0 Å². The molecule has 0 bridgehead atoms. The van der Waals surface area contributed by atoms with Crippen LogP contribution in [-0.2, 0) is 15.9 Å². The zero-order valence-corrected chi connectivity index (χ0v) is 14.6. The Hall–Kier alpha value is 1.21. The summed E-state index contributed by atoms with van der Waals surface area (Å²) < 4.78 is -6.04. The van der Waals surface area contributed by atoms with E-state index in [-0.39, 0.29) is 6.61 Å². The molecule has 1 radical (unpaired) electrons. The highest BCUT2D eigenvalue weighted by atomic mass is 35.6. The van der Waals surface area contributed by atoms with Crippen molar-refractivity contribution in [1.29, 1.82) is 0 Å². The van der Waals surface area contributed by atoms with Crippen LogP contribution < -0.4 is 0 Å². The van der Waals surface area contributed by atoms with Gasteiger partial charge in [0.2, 0.25) is 8.13 Å². The Morgan fingerprint density at radius 1 is 0.947 bits per heavy atom. The largest absolute Gasteiger partial charge is 0.236 e. The fourth-order valence-electron chi connectivity index (χ4n) is 1.40. The number of hydrogen-bond donors (Lipinski definition) is 0. The van der Waals surface area contributed by atoms with E-state index in [9.17, 15) is 5.11 Å². The highest BCUT2D eigenvalue weighted by Gasteiger charge is 2.60. The van der Waals surface area contributed by atoms with Crippen molar-refractivity contribution in [2.75, 3.05) is 6.61 Å². The summed E-state index contributed by atoms with van der Waals surface area (Å²) in [6.45, 7) is -0.266. The van der Waals surface area contributed by atoms with Crippen molar-refractivity contribution in [3.8, 4) is 0 Å². The minimum atomic E-state index is -2.10. The average Bonchev–Trinajstić information content (AvgIpc) is 2.28. The molecule has 0 aliphatic rings. The van der Waals surface area contributed by atoms with Crippen LogP contribution in [0.15, 0.2) is 24.3 Å². The summed E-state index contributed by atoms with van der Waals surface area (Å²) in [5, 5.41) is 10.6. The molecule has 0 atom stereocenters. The lowest BCUT2D eigenvalue weighted by Gasteiger charge is -2.38. The van der Waals surface area contributed by atoms with E-state index < -0.39 is 12.5 Å². The summed E-state index contributed by atoms with van der Waals surface area (Å²) in [5.74, 6) is 0. The third-order valence-electron chi connectivity index (χ3n) is 2.43. The maximum Gasteiger partial charge on any atom is 0.226 e. The van der Waals surface area contributed by atoms with E-state index in [4.69, 9.17) is 81.2 Å². The van der Waals surface area contributed by atoms with Crippen LogP contribution in [0.1, 0.15) is 11.1 Å². The van der Waals surface area contributed by atoms with E-state index in [2.05, 4.69) is 0 Å². The van der Waals surface area contributed by atoms with Gasteiger partial charge >= 0.3 is 0 Å². The van der Waals surface area contributed by atoms with Gasteiger partial charge < -0.3 is 0 Å². The van der Waals surface area contributed by atoms with Gasteiger partial charge in [-0.15, -0.1) is 0 Å². The molecule has 0 saturated carbocycles. The van der Waals surface area contributed by atoms with Gasteiger partial charge in [0.25, 0.3) is 0 Å². The van der Waals surface area contributed by atoms with Crippen molar-refractivity contribution in [2.45, 2.75) is 18.9 Å². The molecule has 1 rings (SSSR count). The van der Waals surface area contributed by atoms with Crippen LogP contribution in [0.3, 0.4) is 0 Å². The Bertz CT molecular complexity index is 439. The lowest BCUT2D eigenvalue weighted by atomic mass is 10.0. The minimum absolute atomic E-state index is 0.266. The van der Waals surface area contributed by atoms with Crippen molar-refractivity contribution < 1.29 is 5.11 Å². The molecule has 0 spiro atoms. The van der Waals surface area contributed by atoms with Gasteiger partial charge in [0.15, 0.2) is 4.33 Å². The summed E-state index contributed by atoms with van der Waals surface area (Å²) in [6, 6.07) is 6.62. The Balaban J connectivity index is 3.23. The molecule has 8 heteroatoms. The molecule has 0 aliphatic heterocycles. The molecule has 19 heavy (non-hydrogen) atoms. The Morgan fingerprint density at radius 2 is 1.53 bits per heavy atom. The van der Waals surface area contributed by atoms with Crippen LogP contribution in [0.25, 0.3) is 0 Å². The normalized spacial score (nSPS) is 13.7. The van der Waals surface area contributed by atoms with Gasteiger partial charge in [-0.3, -0.25) is 0 Å². The minimum Gasteiger partial charge on any atom is -0.236 e. The molecular formula is C11H8Cl7O. The highest BCUT2D eigenvalue weighted by Crippen LogP contribution is 2.60. The van der Waals surface area contributed by atoms with E-state index in [0.717, 1.165) is 5.56 Å². The first kappa shape index (κ1) is 18.3. The highest BCUT2D eigenvalue weighted by molar-refractivity contribution is 6.78. The van der Waals surface area contributed by atoms with Gasteiger partial charge in [0, 0.05) is 0 Å². The molecule has 107 valence electrons. The van der Waals surface area contributed by atoms with E-state index in [0.29, 0.717) is 12.0 Å². The quantitative estimate of drug-likeness (QED) is 0.563. The Labute approximate surface area is 146 Å². The maximum absolute atomic E-state index is 10.6. The molecule has 1 nitrogen and oxygen atoms in total. The van der Waals surface area contributed by atoms with Gasteiger partial charge in [-0.05, 0) is 17.5 Å². The summed E-state index contributed by atoms with van der Waals surface area (Å²) in [7, 11) is 0. The first-order valence-corrected chi connectivity index (χ1v) is 7.68. The molecule has 0 N–H and O–H groups in total. The van der Waals surface area contributed by atoms with E-state index >= 15 is 0 Å². The molecule has 1 aromatic carbocycles. The van der Waals surface area contributed by atoms with E-state index in [1.54, 1.807) is 24.3 Å². The second-order valence-corrected chi connectivity index (χ2v) is 8.74. The number of rotatable bonds is 4. The van der Waals surface area contributed by atoms with Crippen molar-refractivity contribution in [1.82, 2.24) is 0 Å². The summed E-state index contributed by atoms with van der Waals surface area (Å²) in [4.78, 5) is 0. The zero-order valence-electron chi connectivity index (χ0n) is 9.28. The van der Waals surface area contributed by atoms with Crippen LogP contribution in [0, 0.1) is 0 Å². The average molecular weight is 404 g/mol. The SMILES string of the molecule is [O]CCc1cccc(C(Cl)(Cl)C(Cl)(Cl)C(Cl)(Cl)Cl)c1. The Kier molecular flexibility index (Phi) is 6.28. The molecule has 0 fully saturated rings. The second kappa shape index (κ2) is 6.54. The maximum atomic E-state index is 10.6. The number of halogens is 7. The topological polar surface area (TPSA) is 19.9 Å². The zero-order chi connectivity index (χ0) is 14.9. The van der Waals surface area contributed by atoms with Crippen molar-refractivity contribution in [3.05, 3.63) is 35.4 Å². The van der Waals surface area contributed by atoms with E-state index in [1.165, 1.54) is 0 Å². The number of alkyl halides is 7. The molecule has 0 heterocycles. The lowest BCUT2D eigenvalue weighted by molar-refractivity contribution is 0.197. The predicted molar refractivity (Wildman–Crippen MR) is 83.8 cm³/mol. The first-order valence-electron chi connectivity index (χ1n) is 5.04. The van der Waals surface area contributed by atoms with Gasteiger partial charge in [-0.25, -0.2) is 5.11 Å². The van der Waals surface area contributed by atoms with Gasteiger partial charge in [-0.1, -0.05) is 105 Å². The molecule has 0 aromatic heterocycles. The third-order valence-corrected chi connectivity index (χ3v) is 6.39. The molecule has 0 aliphatic carbocycles. The molecule has 0 unspecified atom stereocenters. The fourth-order valence-corrected chi connectivity index (χ4v) is 2.85. The fraction of sp³-hybridized carbons (Fsp3) is 0.455. The summed E-state index contributed by atoms with van der Waals surface area (Å²) in [5.41, 5.74) is 1.09. The Morgan fingerprint density at radius 3 is 2.00 bits per heavy atom. The van der Waals surface area contributed by atoms with Crippen LogP contribution in [0.4, 0.5) is 0 Å². The lowest BCUT2D eigenvalue weighted by Crippen LogP contribution is -2.45. The third kappa shape index (κ3) is 3.90. The summed E-state index contributed by atoms with van der Waals surface area (Å²) in [6.07, 6.45) is 0.322. The smallest absolute Gasteiger partial charge is 0.226 e. The van der Waals surface area contributed by atoms with Crippen LogP contribution in [0.2, 0.25) is 0 Å². The van der Waals surface area contributed by atoms with Crippen molar-refractivity contribution >= 4 is 81.2 Å². The number of benzene rings is 1. The molecular weight excluding hydrogens is 396 g/mol.